The number of amides is 3. The van der Waals surface area contributed by atoms with Crippen molar-refractivity contribution in [3.63, 3.8) is 0 Å². The van der Waals surface area contributed by atoms with E-state index in [0.29, 0.717) is 32.8 Å². The van der Waals surface area contributed by atoms with Crippen molar-refractivity contribution < 1.29 is 9.59 Å². The molecule has 0 bridgehead atoms. The molecular weight excluding hydrogens is 463 g/mol. The first-order chi connectivity index (χ1) is 15.9. The van der Waals surface area contributed by atoms with Crippen molar-refractivity contribution in [2.75, 3.05) is 23.0 Å². The lowest BCUT2D eigenvalue weighted by molar-refractivity contribution is 0.0953. The lowest BCUT2D eigenvalue weighted by Crippen LogP contribution is -2.21. The quantitative estimate of drug-likeness (QED) is 0.293. The molecule has 0 aliphatic heterocycles. The van der Waals surface area contributed by atoms with Crippen LogP contribution in [0.4, 0.5) is 27.7 Å². The van der Waals surface area contributed by atoms with E-state index >= 15 is 0 Å². The van der Waals surface area contributed by atoms with Gasteiger partial charge in [0.15, 0.2) is 0 Å². The zero-order valence-corrected chi connectivity index (χ0v) is 18.8. The summed E-state index contributed by atoms with van der Waals surface area (Å²) in [6, 6.07) is 18.8. The maximum absolute atomic E-state index is 12.3. The summed E-state index contributed by atoms with van der Waals surface area (Å²) >= 11 is 11.9. The molecule has 3 aromatic carbocycles. The Hall–Kier alpha value is -3.88. The number of para-hydroxylation sites is 1. The van der Waals surface area contributed by atoms with Gasteiger partial charge in [-0.15, -0.1) is 0 Å². The van der Waals surface area contributed by atoms with E-state index in [1.54, 1.807) is 42.5 Å². The molecule has 8 nitrogen and oxygen atoms in total. The van der Waals surface area contributed by atoms with Crippen molar-refractivity contribution in [2.24, 2.45) is 0 Å². The smallest absolute Gasteiger partial charge is 0.323 e. The minimum absolute atomic E-state index is 0.0657. The maximum Gasteiger partial charge on any atom is 0.323 e. The minimum atomic E-state index is -0.425. The number of rotatable bonds is 5. The number of nitrogens with one attached hydrogen (secondary N) is 4. The molecule has 1 aromatic heterocycles. The molecule has 0 aliphatic carbocycles. The predicted molar refractivity (Wildman–Crippen MR) is 132 cm³/mol. The average molecular weight is 481 g/mol. The third kappa shape index (κ3) is 5.31. The van der Waals surface area contributed by atoms with Gasteiger partial charge in [-0.2, -0.15) is 0 Å². The fourth-order valence-electron chi connectivity index (χ4n) is 3.03. The molecule has 0 fully saturated rings. The Morgan fingerprint density at radius 2 is 1.45 bits per heavy atom. The molecule has 4 N–H and O–H groups in total. The summed E-state index contributed by atoms with van der Waals surface area (Å²) in [5, 5.41) is 12.7. The van der Waals surface area contributed by atoms with Gasteiger partial charge in [-0.05, 0) is 54.6 Å². The van der Waals surface area contributed by atoms with Crippen molar-refractivity contribution in [3.05, 3.63) is 82.6 Å². The molecule has 0 unspecified atom stereocenters. The standard InChI is InChI=1S/C23H18Cl2N6O2/c1-26-22(32)21-30-19-5-3-2-4-16(19)20(31-21)27-13-6-8-14(9-7-13)28-23(33)29-15-10-11-17(24)18(25)12-15/h2-12H,1H3,(H,26,32)(H,27,30,31)(H2,28,29,33). The summed E-state index contributed by atoms with van der Waals surface area (Å²) in [6.07, 6.45) is 0. The molecule has 33 heavy (non-hydrogen) atoms. The van der Waals surface area contributed by atoms with Gasteiger partial charge in [-0.25, -0.2) is 14.8 Å². The van der Waals surface area contributed by atoms with Crippen LogP contribution in [0.3, 0.4) is 0 Å². The van der Waals surface area contributed by atoms with Crippen LogP contribution in [0.2, 0.25) is 10.0 Å². The Labute approximate surface area is 199 Å². The van der Waals surface area contributed by atoms with Crippen LogP contribution in [0.1, 0.15) is 10.6 Å². The first-order valence-corrected chi connectivity index (χ1v) is 10.6. The number of benzene rings is 3. The summed E-state index contributed by atoms with van der Waals surface area (Å²) in [6.45, 7) is 0. The Balaban J connectivity index is 1.48. The van der Waals surface area contributed by atoms with Gasteiger partial charge in [-0.3, -0.25) is 4.79 Å². The predicted octanol–water partition coefficient (Wildman–Crippen LogP) is 5.68. The molecule has 0 saturated heterocycles. The van der Waals surface area contributed by atoms with Crippen molar-refractivity contribution in [1.82, 2.24) is 15.3 Å². The number of urea groups is 1. The number of halogens is 2. The molecule has 4 aromatic rings. The number of anilines is 4. The van der Waals surface area contributed by atoms with Gasteiger partial charge in [0.1, 0.15) is 5.82 Å². The number of carbonyl (C=O) groups is 2. The second kappa shape index (κ2) is 9.72. The molecule has 0 saturated carbocycles. The largest absolute Gasteiger partial charge is 0.352 e. The fraction of sp³-hybridized carbons (Fsp3) is 0.0435. The summed E-state index contributed by atoms with van der Waals surface area (Å²) in [5.74, 6) is 0.185. The van der Waals surface area contributed by atoms with E-state index in [2.05, 4.69) is 31.2 Å². The van der Waals surface area contributed by atoms with E-state index < -0.39 is 6.03 Å². The molecular formula is C23H18Cl2N6O2. The highest BCUT2D eigenvalue weighted by molar-refractivity contribution is 6.42. The van der Waals surface area contributed by atoms with Crippen LogP contribution in [-0.2, 0) is 0 Å². The van der Waals surface area contributed by atoms with Crippen LogP contribution in [-0.4, -0.2) is 29.0 Å². The molecule has 10 heteroatoms. The lowest BCUT2D eigenvalue weighted by atomic mass is 10.2. The second-order valence-electron chi connectivity index (χ2n) is 6.90. The highest BCUT2D eigenvalue weighted by Crippen LogP contribution is 2.26. The van der Waals surface area contributed by atoms with E-state index in [-0.39, 0.29) is 11.7 Å². The molecule has 166 valence electrons. The number of hydrogen-bond donors (Lipinski definition) is 4. The van der Waals surface area contributed by atoms with Crippen molar-refractivity contribution >= 4 is 68.9 Å². The molecule has 0 spiro atoms. The topological polar surface area (TPSA) is 108 Å². The third-order valence-electron chi connectivity index (χ3n) is 4.62. The molecule has 3 amide bonds. The summed E-state index contributed by atoms with van der Waals surface area (Å²) in [7, 11) is 1.53. The van der Waals surface area contributed by atoms with E-state index in [1.807, 2.05) is 24.3 Å². The summed E-state index contributed by atoms with van der Waals surface area (Å²) in [4.78, 5) is 33.0. The number of carbonyl (C=O) groups excluding carboxylic acids is 2. The Morgan fingerprint density at radius 1 is 0.788 bits per heavy atom. The number of hydrogen-bond acceptors (Lipinski definition) is 5. The maximum atomic E-state index is 12.3. The van der Waals surface area contributed by atoms with Crippen LogP contribution in [0, 0.1) is 0 Å². The van der Waals surface area contributed by atoms with Gasteiger partial charge in [-0.1, -0.05) is 35.3 Å². The SMILES string of the molecule is CNC(=O)c1nc(Nc2ccc(NC(=O)Nc3ccc(Cl)c(Cl)c3)cc2)c2ccccc2n1. The molecule has 0 radical (unpaired) electrons. The second-order valence-corrected chi connectivity index (χ2v) is 7.72. The van der Waals surface area contributed by atoms with Crippen LogP contribution < -0.4 is 21.3 Å². The van der Waals surface area contributed by atoms with E-state index in [0.717, 1.165) is 11.1 Å². The number of fused-ring (bicyclic) bond motifs is 1. The number of nitrogens with zero attached hydrogens (tertiary/aromatic N) is 2. The Kier molecular flexibility index (Phi) is 6.58. The van der Waals surface area contributed by atoms with Gasteiger partial charge >= 0.3 is 6.03 Å². The first kappa shape index (κ1) is 22.3. The number of aromatic nitrogens is 2. The van der Waals surface area contributed by atoms with Gasteiger partial charge in [0.2, 0.25) is 5.82 Å². The van der Waals surface area contributed by atoms with Gasteiger partial charge in [0, 0.05) is 29.5 Å². The van der Waals surface area contributed by atoms with E-state index in [1.165, 1.54) is 7.05 Å². The van der Waals surface area contributed by atoms with Gasteiger partial charge < -0.3 is 21.3 Å². The van der Waals surface area contributed by atoms with Crippen LogP contribution in [0.15, 0.2) is 66.7 Å². The van der Waals surface area contributed by atoms with Crippen molar-refractivity contribution in [1.29, 1.82) is 0 Å². The molecule has 4 rings (SSSR count). The first-order valence-electron chi connectivity index (χ1n) is 9.82. The van der Waals surface area contributed by atoms with Gasteiger partial charge in [0.25, 0.3) is 5.91 Å². The normalized spacial score (nSPS) is 10.5. The van der Waals surface area contributed by atoms with Crippen LogP contribution in [0.25, 0.3) is 10.9 Å². The molecule has 0 atom stereocenters. The Morgan fingerprint density at radius 3 is 2.18 bits per heavy atom. The third-order valence-corrected chi connectivity index (χ3v) is 5.36. The van der Waals surface area contributed by atoms with Gasteiger partial charge in [0.05, 0.1) is 15.6 Å². The lowest BCUT2D eigenvalue weighted by Gasteiger charge is -2.12. The van der Waals surface area contributed by atoms with E-state index in [4.69, 9.17) is 23.2 Å². The summed E-state index contributed by atoms with van der Waals surface area (Å²) in [5.41, 5.74) is 2.46. The molecule has 1 heterocycles. The highest BCUT2D eigenvalue weighted by atomic mass is 35.5. The van der Waals surface area contributed by atoms with Crippen molar-refractivity contribution in [2.45, 2.75) is 0 Å². The molecule has 0 aliphatic rings. The average Bonchev–Trinajstić information content (AvgIpc) is 2.82. The monoisotopic (exact) mass is 480 g/mol. The minimum Gasteiger partial charge on any atom is -0.352 e. The van der Waals surface area contributed by atoms with E-state index in [9.17, 15) is 9.59 Å². The van der Waals surface area contributed by atoms with Crippen LogP contribution >= 0.6 is 23.2 Å². The summed E-state index contributed by atoms with van der Waals surface area (Å²) < 4.78 is 0. The zero-order valence-electron chi connectivity index (χ0n) is 17.3. The Bertz CT molecular complexity index is 1340. The van der Waals surface area contributed by atoms with Crippen LogP contribution in [0.5, 0.6) is 0 Å². The van der Waals surface area contributed by atoms with Crippen molar-refractivity contribution in [3.8, 4) is 0 Å². The zero-order chi connectivity index (χ0) is 23.4. The fourth-order valence-corrected chi connectivity index (χ4v) is 3.32. The highest BCUT2D eigenvalue weighted by Gasteiger charge is 2.13.